The van der Waals surface area contributed by atoms with Crippen LogP contribution in [0.4, 0.5) is 0 Å². The summed E-state index contributed by atoms with van der Waals surface area (Å²) in [6.07, 6.45) is 11.8. The Balaban J connectivity index is 2.70. The zero-order valence-corrected chi connectivity index (χ0v) is 10.4. The smallest absolute Gasteiger partial charge is 0.0204 e. The van der Waals surface area contributed by atoms with Crippen LogP contribution < -0.4 is 0 Å². The van der Waals surface area contributed by atoms with E-state index in [9.17, 15) is 0 Å². The minimum atomic E-state index is 0.711. The van der Waals surface area contributed by atoms with Crippen molar-refractivity contribution in [1.29, 1.82) is 0 Å². The zero-order chi connectivity index (χ0) is 11.3. The lowest BCUT2D eigenvalue weighted by Gasteiger charge is -2.18. The maximum Gasteiger partial charge on any atom is -0.0204 e. The van der Waals surface area contributed by atoms with Crippen molar-refractivity contribution in [1.82, 2.24) is 0 Å². The van der Waals surface area contributed by atoms with Crippen LogP contribution in [-0.4, -0.2) is 0 Å². The summed E-state index contributed by atoms with van der Waals surface area (Å²) in [6, 6.07) is 0. The van der Waals surface area contributed by atoms with Gasteiger partial charge in [-0.1, -0.05) is 49.8 Å². The molecule has 0 aromatic heterocycles. The first kappa shape index (κ1) is 12.3. The Labute approximate surface area is 94.8 Å². The summed E-state index contributed by atoms with van der Waals surface area (Å²) in [6.45, 7) is 11.0. The lowest BCUT2D eigenvalue weighted by molar-refractivity contribution is 0.435. The predicted molar refractivity (Wildman–Crippen MR) is 68.8 cm³/mol. The highest BCUT2D eigenvalue weighted by atomic mass is 14.2. The van der Waals surface area contributed by atoms with E-state index >= 15 is 0 Å². The third kappa shape index (κ3) is 4.51. The third-order valence-electron chi connectivity index (χ3n) is 3.27. The van der Waals surface area contributed by atoms with Crippen LogP contribution >= 0.6 is 0 Å². The molecule has 0 bridgehead atoms. The van der Waals surface area contributed by atoms with E-state index in [1.807, 2.05) is 0 Å². The molecule has 1 rings (SSSR count). The summed E-state index contributed by atoms with van der Waals surface area (Å²) in [7, 11) is 0. The molecule has 1 atom stereocenters. The van der Waals surface area contributed by atoms with Gasteiger partial charge in [0.15, 0.2) is 0 Å². The van der Waals surface area contributed by atoms with Gasteiger partial charge in [-0.25, -0.2) is 0 Å². The van der Waals surface area contributed by atoms with Gasteiger partial charge in [0, 0.05) is 0 Å². The van der Waals surface area contributed by atoms with Crippen LogP contribution in [0, 0.1) is 11.8 Å². The van der Waals surface area contributed by atoms with Crippen molar-refractivity contribution in [3.8, 4) is 0 Å². The van der Waals surface area contributed by atoms with Gasteiger partial charge in [0.25, 0.3) is 0 Å². The Morgan fingerprint density at radius 1 is 1.33 bits per heavy atom. The van der Waals surface area contributed by atoms with Gasteiger partial charge in [-0.2, -0.15) is 0 Å². The number of allylic oxidation sites excluding steroid dienone is 5. The van der Waals surface area contributed by atoms with Crippen LogP contribution in [0.25, 0.3) is 0 Å². The molecule has 0 saturated carbocycles. The van der Waals surface area contributed by atoms with Gasteiger partial charge < -0.3 is 0 Å². The Hall–Kier alpha value is -0.780. The first-order valence-electron chi connectivity index (χ1n) is 6.11. The number of hydrogen-bond donors (Lipinski definition) is 0. The summed E-state index contributed by atoms with van der Waals surface area (Å²) in [5.74, 6) is 1.45. The van der Waals surface area contributed by atoms with E-state index in [-0.39, 0.29) is 0 Å². The van der Waals surface area contributed by atoms with Crippen LogP contribution in [-0.2, 0) is 0 Å². The van der Waals surface area contributed by atoms with Crippen molar-refractivity contribution >= 4 is 0 Å². The molecule has 0 spiro atoms. The van der Waals surface area contributed by atoms with Gasteiger partial charge in [-0.05, 0) is 44.4 Å². The first-order chi connectivity index (χ1) is 7.09. The fourth-order valence-electron chi connectivity index (χ4n) is 2.00. The van der Waals surface area contributed by atoms with Crippen molar-refractivity contribution in [2.24, 2.45) is 11.8 Å². The zero-order valence-electron chi connectivity index (χ0n) is 10.4. The second-order valence-electron chi connectivity index (χ2n) is 5.05. The monoisotopic (exact) mass is 204 g/mol. The predicted octanol–water partition coefficient (Wildman–Crippen LogP) is 4.89. The van der Waals surface area contributed by atoms with E-state index in [4.69, 9.17) is 0 Å². The Morgan fingerprint density at radius 3 is 2.73 bits per heavy atom. The standard InChI is InChI=1S/C15H24/c1-12(2)15-10-8-13(3)6-5-7-14(4)9-11-15/h7-8,10,12,15H,3,5-6,9,11H2,1-2,4H3/b10-8+,14-7+/t15-/m0/s1. The average Bonchev–Trinajstić information content (AvgIpc) is 2.16. The van der Waals surface area contributed by atoms with Crippen molar-refractivity contribution in [3.63, 3.8) is 0 Å². The molecule has 1 aliphatic rings. The fourth-order valence-corrected chi connectivity index (χ4v) is 2.00. The van der Waals surface area contributed by atoms with E-state index in [1.54, 1.807) is 5.57 Å². The second kappa shape index (κ2) is 5.95. The third-order valence-corrected chi connectivity index (χ3v) is 3.27. The summed E-state index contributed by atoms with van der Waals surface area (Å²) in [5, 5.41) is 0. The molecule has 15 heavy (non-hydrogen) atoms. The normalized spacial score (nSPS) is 29.7. The maximum absolute atomic E-state index is 4.09. The lowest BCUT2D eigenvalue weighted by atomic mass is 9.88. The Kier molecular flexibility index (Phi) is 4.87. The molecule has 0 heteroatoms. The molecule has 0 saturated heterocycles. The molecule has 0 aromatic rings. The summed E-state index contributed by atoms with van der Waals surface area (Å²) in [5.41, 5.74) is 2.82. The van der Waals surface area contributed by atoms with Crippen LogP contribution in [0.15, 0.2) is 36.0 Å². The highest BCUT2D eigenvalue weighted by Crippen LogP contribution is 2.24. The van der Waals surface area contributed by atoms with Crippen molar-refractivity contribution in [3.05, 3.63) is 36.0 Å². The van der Waals surface area contributed by atoms with Gasteiger partial charge in [0.2, 0.25) is 0 Å². The van der Waals surface area contributed by atoms with Crippen LogP contribution in [0.1, 0.15) is 46.5 Å². The minimum Gasteiger partial charge on any atom is -0.0958 e. The van der Waals surface area contributed by atoms with E-state index < -0.39 is 0 Å². The highest BCUT2D eigenvalue weighted by Gasteiger charge is 2.10. The summed E-state index contributed by atoms with van der Waals surface area (Å²) >= 11 is 0. The topological polar surface area (TPSA) is 0 Å². The van der Waals surface area contributed by atoms with Gasteiger partial charge in [0.05, 0.1) is 0 Å². The quantitative estimate of drug-likeness (QED) is 0.533. The Bertz CT molecular complexity index is 266. The van der Waals surface area contributed by atoms with Gasteiger partial charge in [-0.15, -0.1) is 0 Å². The molecule has 0 nitrogen and oxygen atoms in total. The summed E-state index contributed by atoms with van der Waals surface area (Å²) < 4.78 is 0. The first-order valence-corrected chi connectivity index (χ1v) is 6.11. The number of hydrogen-bond acceptors (Lipinski definition) is 0. The molecule has 84 valence electrons. The van der Waals surface area contributed by atoms with Gasteiger partial charge in [-0.3, -0.25) is 0 Å². The highest BCUT2D eigenvalue weighted by molar-refractivity contribution is 5.17. The lowest BCUT2D eigenvalue weighted by Crippen LogP contribution is -2.06. The van der Waals surface area contributed by atoms with E-state index in [1.165, 1.54) is 18.4 Å². The van der Waals surface area contributed by atoms with Gasteiger partial charge in [0.1, 0.15) is 0 Å². The maximum atomic E-state index is 4.09. The van der Waals surface area contributed by atoms with E-state index in [2.05, 4.69) is 45.6 Å². The molecule has 0 heterocycles. The minimum absolute atomic E-state index is 0.711. The molecule has 0 radical (unpaired) electrons. The molecule has 0 amide bonds. The SMILES string of the molecule is C=C1/C=C/[C@H](C(C)C)CC/C(C)=C/CC1. The molecule has 0 fully saturated rings. The van der Waals surface area contributed by atoms with Crippen molar-refractivity contribution < 1.29 is 0 Å². The Morgan fingerprint density at radius 2 is 2.07 bits per heavy atom. The molecule has 0 aromatic carbocycles. The molecular formula is C15H24. The van der Waals surface area contributed by atoms with E-state index in [0.29, 0.717) is 5.92 Å². The van der Waals surface area contributed by atoms with Crippen LogP contribution in [0.3, 0.4) is 0 Å². The largest absolute Gasteiger partial charge is 0.0958 e. The fraction of sp³-hybridized carbons (Fsp3) is 0.600. The van der Waals surface area contributed by atoms with E-state index in [0.717, 1.165) is 18.8 Å². The molecular weight excluding hydrogens is 180 g/mol. The van der Waals surface area contributed by atoms with Crippen molar-refractivity contribution in [2.45, 2.75) is 46.5 Å². The number of rotatable bonds is 1. The molecule has 0 unspecified atom stereocenters. The molecule has 1 aliphatic carbocycles. The molecule has 0 N–H and O–H groups in total. The van der Waals surface area contributed by atoms with Gasteiger partial charge >= 0.3 is 0 Å². The summed E-state index contributed by atoms with van der Waals surface area (Å²) in [4.78, 5) is 0. The average molecular weight is 204 g/mol. The second-order valence-corrected chi connectivity index (χ2v) is 5.05. The van der Waals surface area contributed by atoms with Crippen LogP contribution in [0.2, 0.25) is 0 Å². The molecule has 0 aliphatic heterocycles. The van der Waals surface area contributed by atoms with Crippen LogP contribution in [0.5, 0.6) is 0 Å². The van der Waals surface area contributed by atoms with Crippen molar-refractivity contribution in [2.75, 3.05) is 0 Å².